The van der Waals surface area contributed by atoms with Gasteiger partial charge in [0.15, 0.2) is 5.82 Å². The van der Waals surface area contributed by atoms with E-state index < -0.39 is 0 Å². The Labute approximate surface area is 121 Å². The van der Waals surface area contributed by atoms with Crippen molar-refractivity contribution in [3.05, 3.63) is 66.2 Å². The van der Waals surface area contributed by atoms with Crippen LogP contribution in [0.5, 0.6) is 0 Å². The Hall–Kier alpha value is -3.00. The molecule has 0 radical (unpaired) electrons. The summed E-state index contributed by atoms with van der Waals surface area (Å²) in [5.74, 6) is 0.594. The predicted octanol–water partition coefficient (Wildman–Crippen LogP) is 3.14. The van der Waals surface area contributed by atoms with Gasteiger partial charge in [-0.25, -0.2) is 14.1 Å². The third kappa shape index (κ3) is 2.65. The summed E-state index contributed by atoms with van der Waals surface area (Å²) in [4.78, 5) is 4.35. The van der Waals surface area contributed by atoms with E-state index in [9.17, 15) is 4.39 Å². The standard InChI is InChI=1S/C16H11FN4/c17-13-6-4-5-12(11-13)16-19-15(9-10-18)21(20-16)14-7-2-1-3-8-14/h1-8,11H,9H2. The average molecular weight is 278 g/mol. The maximum absolute atomic E-state index is 13.3. The van der Waals surface area contributed by atoms with Gasteiger partial charge in [-0.3, -0.25) is 0 Å². The third-order valence-electron chi connectivity index (χ3n) is 2.99. The topological polar surface area (TPSA) is 54.5 Å². The van der Waals surface area contributed by atoms with E-state index in [0.29, 0.717) is 17.2 Å². The molecule has 0 aliphatic rings. The van der Waals surface area contributed by atoms with Crippen molar-refractivity contribution in [2.45, 2.75) is 6.42 Å². The summed E-state index contributed by atoms with van der Waals surface area (Å²) in [6.07, 6.45) is 0.136. The van der Waals surface area contributed by atoms with Crippen LogP contribution in [0.2, 0.25) is 0 Å². The van der Waals surface area contributed by atoms with E-state index in [0.717, 1.165) is 5.69 Å². The van der Waals surface area contributed by atoms with E-state index in [-0.39, 0.29) is 12.2 Å². The first-order chi connectivity index (χ1) is 10.3. The molecule has 0 N–H and O–H groups in total. The molecule has 1 aromatic heterocycles. The van der Waals surface area contributed by atoms with Crippen LogP contribution in [0.4, 0.5) is 4.39 Å². The first-order valence-corrected chi connectivity index (χ1v) is 6.42. The molecule has 0 bridgehead atoms. The van der Waals surface area contributed by atoms with Gasteiger partial charge in [-0.2, -0.15) is 5.26 Å². The van der Waals surface area contributed by atoms with E-state index in [1.165, 1.54) is 12.1 Å². The lowest BCUT2D eigenvalue weighted by molar-refractivity contribution is 0.628. The van der Waals surface area contributed by atoms with E-state index in [2.05, 4.69) is 16.2 Å². The number of benzene rings is 2. The van der Waals surface area contributed by atoms with Gasteiger partial charge < -0.3 is 0 Å². The Bertz CT molecular complexity index is 803. The molecule has 0 saturated heterocycles. The van der Waals surface area contributed by atoms with Crippen LogP contribution < -0.4 is 0 Å². The van der Waals surface area contributed by atoms with Crippen molar-refractivity contribution >= 4 is 0 Å². The van der Waals surface area contributed by atoms with Crippen molar-refractivity contribution in [2.24, 2.45) is 0 Å². The van der Waals surface area contributed by atoms with E-state index in [1.807, 2.05) is 30.3 Å². The lowest BCUT2D eigenvalue weighted by Gasteiger charge is -2.02. The van der Waals surface area contributed by atoms with Crippen LogP contribution in [-0.2, 0) is 6.42 Å². The summed E-state index contributed by atoms with van der Waals surface area (Å²) in [5, 5.41) is 13.3. The average Bonchev–Trinajstić information content (AvgIpc) is 2.93. The maximum Gasteiger partial charge on any atom is 0.181 e. The van der Waals surface area contributed by atoms with Crippen LogP contribution in [0.25, 0.3) is 17.1 Å². The molecule has 0 aliphatic carbocycles. The predicted molar refractivity (Wildman–Crippen MR) is 76.1 cm³/mol. The van der Waals surface area contributed by atoms with Gasteiger partial charge in [0, 0.05) is 5.56 Å². The van der Waals surface area contributed by atoms with Gasteiger partial charge in [-0.15, -0.1) is 5.10 Å². The highest BCUT2D eigenvalue weighted by atomic mass is 19.1. The lowest BCUT2D eigenvalue weighted by Crippen LogP contribution is -2.02. The minimum Gasteiger partial charge on any atom is -0.216 e. The molecule has 5 heteroatoms. The zero-order valence-electron chi connectivity index (χ0n) is 11.1. The maximum atomic E-state index is 13.3. The minimum absolute atomic E-state index is 0.136. The van der Waals surface area contributed by atoms with Gasteiger partial charge in [-0.1, -0.05) is 30.3 Å². The summed E-state index contributed by atoms with van der Waals surface area (Å²) in [7, 11) is 0. The quantitative estimate of drug-likeness (QED) is 0.739. The smallest absolute Gasteiger partial charge is 0.181 e. The van der Waals surface area contributed by atoms with Gasteiger partial charge in [0.05, 0.1) is 18.2 Å². The molecule has 0 fully saturated rings. The van der Waals surface area contributed by atoms with Crippen LogP contribution in [0, 0.1) is 17.1 Å². The molecule has 0 atom stereocenters. The van der Waals surface area contributed by atoms with Gasteiger partial charge in [0.1, 0.15) is 11.6 Å². The van der Waals surface area contributed by atoms with Gasteiger partial charge in [0.2, 0.25) is 0 Å². The van der Waals surface area contributed by atoms with Crippen molar-refractivity contribution in [2.75, 3.05) is 0 Å². The third-order valence-corrected chi connectivity index (χ3v) is 2.99. The fourth-order valence-corrected chi connectivity index (χ4v) is 2.06. The van der Waals surface area contributed by atoms with Crippen molar-refractivity contribution in [3.63, 3.8) is 0 Å². The first kappa shape index (κ1) is 13.0. The molecular formula is C16H11FN4. The highest BCUT2D eigenvalue weighted by molar-refractivity contribution is 5.55. The first-order valence-electron chi connectivity index (χ1n) is 6.42. The van der Waals surface area contributed by atoms with Crippen LogP contribution in [0.15, 0.2) is 54.6 Å². The molecule has 4 nitrogen and oxygen atoms in total. The van der Waals surface area contributed by atoms with Gasteiger partial charge in [0.25, 0.3) is 0 Å². The number of para-hydroxylation sites is 1. The van der Waals surface area contributed by atoms with Crippen molar-refractivity contribution < 1.29 is 4.39 Å². The number of halogens is 1. The molecule has 0 amide bonds. The molecular weight excluding hydrogens is 267 g/mol. The van der Waals surface area contributed by atoms with E-state index in [4.69, 9.17) is 5.26 Å². The second kappa shape index (κ2) is 5.55. The number of hydrogen-bond donors (Lipinski definition) is 0. The Kier molecular flexibility index (Phi) is 3.44. The molecule has 3 rings (SSSR count). The second-order valence-corrected chi connectivity index (χ2v) is 4.44. The molecule has 3 aromatic rings. The molecule has 21 heavy (non-hydrogen) atoms. The van der Waals surface area contributed by atoms with E-state index >= 15 is 0 Å². The number of nitrogens with zero attached hydrogens (tertiary/aromatic N) is 4. The number of hydrogen-bond acceptors (Lipinski definition) is 3. The molecule has 0 saturated carbocycles. The minimum atomic E-state index is -0.342. The monoisotopic (exact) mass is 278 g/mol. The fourth-order valence-electron chi connectivity index (χ4n) is 2.06. The molecule has 0 aliphatic heterocycles. The van der Waals surface area contributed by atoms with Crippen molar-refractivity contribution in [1.82, 2.24) is 14.8 Å². The summed E-state index contributed by atoms with van der Waals surface area (Å²) in [6, 6.07) is 17.6. The number of nitriles is 1. The van der Waals surface area contributed by atoms with Crippen LogP contribution in [0.1, 0.15) is 5.82 Å². The van der Waals surface area contributed by atoms with Gasteiger partial charge >= 0.3 is 0 Å². The largest absolute Gasteiger partial charge is 0.216 e. The normalized spacial score (nSPS) is 10.3. The Balaban J connectivity index is 2.11. The van der Waals surface area contributed by atoms with Crippen LogP contribution in [0.3, 0.4) is 0 Å². The molecule has 2 aromatic carbocycles. The molecule has 1 heterocycles. The SMILES string of the molecule is N#CCc1nc(-c2cccc(F)c2)nn1-c1ccccc1. The van der Waals surface area contributed by atoms with Crippen LogP contribution >= 0.6 is 0 Å². The zero-order chi connectivity index (χ0) is 14.7. The highest BCUT2D eigenvalue weighted by Gasteiger charge is 2.13. The van der Waals surface area contributed by atoms with Crippen molar-refractivity contribution in [3.8, 4) is 23.1 Å². The van der Waals surface area contributed by atoms with Gasteiger partial charge in [-0.05, 0) is 24.3 Å². The highest BCUT2D eigenvalue weighted by Crippen LogP contribution is 2.19. The van der Waals surface area contributed by atoms with Crippen molar-refractivity contribution in [1.29, 1.82) is 5.26 Å². The zero-order valence-corrected chi connectivity index (χ0v) is 11.1. The molecule has 102 valence electrons. The van der Waals surface area contributed by atoms with E-state index in [1.54, 1.807) is 16.8 Å². The lowest BCUT2D eigenvalue weighted by atomic mass is 10.2. The number of aromatic nitrogens is 3. The molecule has 0 spiro atoms. The Morgan fingerprint density at radius 3 is 2.62 bits per heavy atom. The fraction of sp³-hybridized carbons (Fsp3) is 0.0625. The Morgan fingerprint density at radius 2 is 1.90 bits per heavy atom. The Morgan fingerprint density at radius 1 is 1.10 bits per heavy atom. The summed E-state index contributed by atoms with van der Waals surface area (Å²) in [5.41, 5.74) is 1.40. The van der Waals surface area contributed by atoms with Crippen LogP contribution in [-0.4, -0.2) is 14.8 Å². The number of rotatable bonds is 3. The summed E-state index contributed by atoms with van der Waals surface area (Å²) >= 11 is 0. The molecule has 0 unspecified atom stereocenters. The summed E-state index contributed by atoms with van der Waals surface area (Å²) in [6.45, 7) is 0. The summed E-state index contributed by atoms with van der Waals surface area (Å²) < 4.78 is 14.9. The second-order valence-electron chi connectivity index (χ2n) is 4.44.